The van der Waals surface area contributed by atoms with Gasteiger partial charge in [0.05, 0.1) is 0 Å². The van der Waals surface area contributed by atoms with Crippen LogP contribution >= 0.6 is 12.4 Å². The Labute approximate surface area is 62.2 Å². The molecule has 0 heterocycles. The van der Waals surface area contributed by atoms with E-state index in [1.807, 2.05) is 20.8 Å². The third kappa shape index (κ3) is 3.36. The quantitative estimate of drug-likeness (QED) is 0.636. The highest BCUT2D eigenvalue weighted by Crippen LogP contribution is 2.17. The summed E-state index contributed by atoms with van der Waals surface area (Å²) in [6, 6.07) is 0. The van der Waals surface area contributed by atoms with Gasteiger partial charge in [-0.2, -0.15) is 0 Å². The van der Waals surface area contributed by atoms with Crippen molar-refractivity contribution in [3.63, 3.8) is 0 Å². The highest BCUT2D eigenvalue weighted by atomic mass is 35.5. The molecule has 0 unspecified atom stereocenters. The number of carbonyl (C=O) groups is 1. The molecule has 0 aliphatic carbocycles. The number of halogens is 1. The summed E-state index contributed by atoms with van der Waals surface area (Å²) in [6.45, 7) is 5.63. The fourth-order valence-electron chi connectivity index (χ4n) is 0.174. The summed E-state index contributed by atoms with van der Waals surface area (Å²) < 4.78 is 0. The van der Waals surface area contributed by atoms with E-state index < -0.39 is 0 Å². The molecule has 0 aromatic carbocycles. The van der Waals surface area contributed by atoms with Crippen molar-refractivity contribution in [3.8, 4) is 0 Å². The Bertz CT molecular complexity index is 101. The standard InChI is InChI=1S/C6H13NO.ClH/c1-4-6(2,3)5(7)8;/h4H2,1-3H3,(H2,7,8);1H. The van der Waals surface area contributed by atoms with Crippen molar-refractivity contribution >= 4 is 18.3 Å². The van der Waals surface area contributed by atoms with Gasteiger partial charge in [0, 0.05) is 5.41 Å². The van der Waals surface area contributed by atoms with Crippen LogP contribution in [0.15, 0.2) is 0 Å². The summed E-state index contributed by atoms with van der Waals surface area (Å²) in [5.41, 5.74) is 4.72. The first kappa shape index (κ1) is 11.5. The molecule has 0 aliphatic heterocycles. The van der Waals surface area contributed by atoms with Gasteiger partial charge in [-0.25, -0.2) is 0 Å². The van der Waals surface area contributed by atoms with Crippen LogP contribution in [-0.4, -0.2) is 5.91 Å². The van der Waals surface area contributed by atoms with Gasteiger partial charge < -0.3 is 5.73 Å². The van der Waals surface area contributed by atoms with Crippen molar-refractivity contribution in [2.24, 2.45) is 11.1 Å². The number of hydrogen-bond acceptors (Lipinski definition) is 1. The van der Waals surface area contributed by atoms with Crippen molar-refractivity contribution in [2.45, 2.75) is 27.2 Å². The Morgan fingerprint density at radius 3 is 1.89 bits per heavy atom. The van der Waals surface area contributed by atoms with Crippen molar-refractivity contribution in [1.82, 2.24) is 0 Å². The minimum absolute atomic E-state index is 0. The first-order chi connectivity index (χ1) is 3.50. The molecule has 0 aromatic rings. The number of primary amides is 1. The highest BCUT2D eigenvalue weighted by Gasteiger charge is 2.21. The van der Waals surface area contributed by atoms with Crippen LogP contribution in [0.3, 0.4) is 0 Å². The maximum absolute atomic E-state index is 10.5. The molecule has 0 aliphatic rings. The molecule has 0 saturated heterocycles. The molecule has 1 amide bonds. The lowest BCUT2D eigenvalue weighted by Gasteiger charge is -2.16. The van der Waals surface area contributed by atoms with Gasteiger partial charge in [-0.15, -0.1) is 12.4 Å². The lowest BCUT2D eigenvalue weighted by atomic mass is 9.90. The van der Waals surface area contributed by atoms with Crippen LogP contribution in [0.2, 0.25) is 0 Å². The number of nitrogens with two attached hydrogens (primary N) is 1. The van der Waals surface area contributed by atoms with Gasteiger partial charge in [0.2, 0.25) is 5.91 Å². The minimum atomic E-state index is -0.319. The molecule has 0 radical (unpaired) electrons. The fourth-order valence-corrected chi connectivity index (χ4v) is 0.174. The number of amides is 1. The largest absolute Gasteiger partial charge is 0.369 e. The maximum Gasteiger partial charge on any atom is 0.223 e. The summed E-state index contributed by atoms with van der Waals surface area (Å²) >= 11 is 0. The topological polar surface area (TPSA) is 43.1 Å². The van der Waals surface area contributed by atoms with Gasteiger partial charge in [-0.3, -0.25) is 4.79 Å². The second-order valence-electron chi connectivity index (χ2n) is 2.60. The van der Waals surface area contributed by atoms with Crippen LogP contribution < -0.4 is 5.73 Å². The summed E-state index contributed by atoms with van der Waals surface area (Å²) in [5.74, 6) is -0.222. The Morgan fingerprint density at radius 1 is 1.56 bits per heavy atom. The second-order valence-corrected chi connectivity index (χ2v) is 2.60. The highest BCUT2D eigenvalue weighted by molar-refractivity contribution is 5.85. The van der Waals surface area contributed by atoms with Crippen molar-refractivity contribution in [2.75, 3.05) is 0 Å². The van der Waals surface area contributed by atoms with E-state index in [4.69, 9.17) is 5.73 Å². The lowest BCUT2D eigenvalue weighted by Crippen LogP contribution is -2.30. The maximum atomic E-state index is 10.5. The Kier molecular flexibility index (Phi) is 4.77. The van der Waals surface area contributed by atoms with E-state index in [1.54, 1.807) is 0 Å². The summed E-state index contributed by atoms with van der Waals surface area (Å²) in [5, 5.41) is 0. The van der Waals surface area contributed by atoms with E-state index in [9.17, 15) is 4.79 Å². The smallest absolute Gasteiger partial charge is 0.223 e. The molecule has 0 bridgehead atoms. The van der Waals surface area contributed by atoms with Crippen molar-refractivity contribution in [3.05, 3.63) is 0 Å². The van der Waals surface area contributed by atoms with E-state index in [0.29, 0.717) is 0 Å². The van der Waals surface area contributed by atoms with Crippen LogP contribution in [-0.2, 0) is 4.79 Å². The Morgan fingerprint density at radius 2 is 1.89 bits per heavy atom. The molecular weight excluding hydrogens is 138 g/mol. The second kappa shape index (κ2) is 3.72. The van der Waals surface area contributed by atoms with Crippen LogP contribution in [0, 0.1) is 5.41 Å². The molecule has 2 N–H and O–H groups in total. The van der Waals surface area contributed by atoms with E-state index in [2.05, 4.69) is 0 Å². The van der Waals surface area contributed by atoms with Gasteiger partial charge in [0.15, 0.2) is 0 Å². The lowest BCUT2D eigenvalue weighted by molar-refractivity contribution is -0.126. The van der Waals surface area contributed by atoms with E-state index in [1.165, 1.54) is 0 Å². The molecular formula is C6H14ClNO. The summed E-state index contributed by atoms with van der Waals surface area (Å²) in [4.78, 5) is 10.5. The molecule has 0 spiro atoms. The van der Waals surface area contributed by atoms with Crippen molar-refractivity contribution < 1.29 is 4.79 Å². The molecule has 9 heavy (non-hydrogen) atoms. The van der Waals surface area contributed by atoms with Gasteiger partial charge in [0.25, 0.3) is 0 Å². The third-order valence-electron chi connectivity index (χ3n) is 1.55. The predicted octanol–water partition coefficient (Wildman–Crippen LogP) is 1.33. The Hall–Kier alpha value is -0.240. The molecule has 2 nitrogen and oxygen atoms in total. The third-order valence-corrected chi connectivity index (χ3v) is 1.55. The first-order valence-electron chi connectivity index (χ1n) is 2.80. The molecule has 0 fully saturated rings. The van der Waals surface area contributed by atoms with Gasteiger partial charge in [-0.1, -0.05) is 20.8 Å². The van der Waals surface area contributed by atoms with Gasteiger partial charge in [-0.05, 0) is 6.42 Å². The molecule has 56 valence electrons. The Balaban J connectivity index is 0. The summed E-state index contributed by atoms with van der Waals surface area (Å²) in [6.07, 6.45) is 0.808. The van der Waals surface area contributed by atoms with Crippen LogP contribution in [0.1, 0.15) is 27.2 Å². The number of carbonyl (C=O) groups excluding carboxylic acids is 1. The monoisotopic (exact) mass is 151 g/mol. The van der Waals surface area contributed by atoms with E-state index >= 15 is 0 Å². The van der Waals surface area contributed by atoms with Crippen LogP contribution in [0.25, 0.3) is 0 Å². The SMILES string of the molecule is CCC(C)(C)C(N)=O.Cl. The van der Waals surface area contributed by atoms with E-state index in [0.717, 1.165) is 6.42 Å². The first-order valence-corrected chi connectivity index (χ1v) is 2.80. The zero-order valence-electron chi connectivity index (χ0n) is 6.10. The normalized spacial score (nSPS) is 10.1. The van der Waals surface area contributed by atoms with Crippen molar-refractivity contribution in [1.29, 1.82) is 0 Å². The minimum Gasteiger partial charge on any atom is -0.369 e. The summed E-state index contributed by atoms with van der Waals surface area (Å²) in [7, 11) is 0. The molecule has 0 rings (SSSR count). The van der Waals surface area contributed by atoms with Gasteiger partial charge >= 0.3 is 0 Å². The average Bonchev–Trinajstić information content (AvgIpc) is 1.67. The predicted molar refractivity (Wildman–Crippen MR) is 40.5 cm³/mol. The molecule has 0 aromatic heterocycles. The number of hydrogen-bond donors (Lipinski definition) is 1. The molecule has 0 atom stereocenters. The van der Waals surface area contributed by atoms with E-state index in [-0.39, 0.29) is 23.7 Å². The van der Waals surface area contributed by atoms with Crippen LogP contribution in [0.4, 0.5) is 0 Å². The molecule has 3 heteroatoms. The zero-order chi connectivity index (χ0) is 6.78. The molecule has 0 saturated carbocycles. The average molecular weight is 152 g/mol. The van der Waals surface area contributed by atoms with Crippen LogP contribution in [0.5, 0.6) is 0 Å². The van der Waals surface area contributed by atoms with Gasteiger partial charge in [0.1, 0.15) is 0 Å². The zero-order valence-corrected chi connectivity index (χ0v) is 6.92. The number of rotatable bonds is 2. The fraction of sp³-hybridized carbons (Fsp3) is 0.833.